The van der Waals surface area contributed by atoms with Gasteiger partial charge in [-0.15, -0.1) is 0 Å². The molecule has 2 aromatic carbocycles. The van der Waals surface area contributed by atoms with Crippen molar-refractivity contribution in [3.8, 4) is 0 Å². The molecule has 0 radical (unpaired) electrons. The molecule has 1 heterocycles. The Hall–Kier alpha value is -2.56. The van der Waals surface area contributed by atoms with Crippen LogP contribution < -0.4 is 10.7 Å². The molecule has 0 unspecified atom stereocenters. The van der Waals surface area contributed by atoms with Crippen LogP contribution in [0, 0.1) is 13.8 Å². The summed E-state index contributed by atoms with van der Waals surface area (Å²) in [4.78, 5) is 25.2. The van der Waals surface area contributed by atoms with Crippen molar-refractivity contribution in [2.24, 2.45) is 0 Å². The van der Waals surface area contributed by atoms with Gasteiger partial charge in [-0.25, -0.2) is 0 Å². The molecule has 3 aromatic rings. The second-order valence-electron chi connectivity index (χ2n) is 6.27. The second-order valence-corrected chi connectivity index (χ2v) is 7.08. The highest BCUT2D eigenvalue weighted by atomic mass is 35.5. The Balaban J connectivity index is 1.98. The zero-order chi connectivity index (χ0) is 19.6. The highest BCUT2D eigenvalue weighted by Crippen LogP contribution is 2.23. The molecule has 3 rings (SSSR count). The zero-order valence-corrected chi connectivity index (χ0v) is 16.4. The molecular formula is C21H18Cl2N2O2. The molecule has 0 atom stereocenters. The van der Waals surface area contributed by atoms with Crippen molar-refractivity contribution in [3.05, 3.63) is 97.4 Å². The van der Waals surface area contributed by atoms with E-state index in [2.05, 4.69) is 5.32 Å². The summed E-state index contributed by atoms with van der Waals surface area (Å²) in [5.74, 6) is -0.424. The minimum Gasteiger partial charge on any atom is -0.344 e. The van der Waals surface area contributed by atoms with Crippen LogP contribution >= 0.6 is 23.2 Å². The molecule has 0 fully saturated rings. The molecule has 0 saturated carbocycles. The maximum Gasteiger partial charge on any atom is 0.261 e. The molecule has 27 heavy (non-hydrogen) atoms. The van der Waals surface area contributed by atoms with Crippen LogP contribution in [0.5, 0.6) is 0 Å². The Labute approximate surface area is 167 Å². The third-order valence-electron chi connectivity index (χ3n) is 4.36. The molecule has 138 valence electrons. The maximum absolute atomic E-state index is 12.7. The average Bonchev–Trinajstić information content (AvgIpc) is 2.62. The SMILES string of the molecule is Cc1cc(=O)c(C(=O)Nc2ccccc2)c(C)n1Cc1ccc(Cl)c(Cl)c1. The standard InChI is InChI=1S/C21H18Cl2N2O2/c1-13-10-19(26)20(21(27)24-16-6-4-3-5-7-16)14(2)25(13)12-15-8-9-17(22)18(23)11-15/h3-11H,12H2,1-2H3,(H,24,27). The normalized spacial score (nSPS) is 10.7. The summed E-state index contributed by atoms with van der Waals surface area (Å²) in [6.07, 6.45) is 0. The number of halogens is 2. The van der Waals surface area contributed by atoms with Crippen molar-refractivity contribution >= 4 is 34.8 Å². The van der Waals surface area contributed by atoms with Crippen molar-refractivity contribution in [1.82, 2.24) is 4.57 Å². The van der Waals surface area contributed by atoms with Crippen molar-refractivity contribution < 1.29 is 4.79 Å². The van der Waals surface area contributed by atoms with E-state index in [0.29, 0.717) is 28.0 Å². The van der Waals surface area contributed by atoms with E-state index in [0.717, 1.165) is 11.3 Å². The van der Waals surface area contributed by atoms with Crippen LogP contribution in [0.2, 0.25) is 10.0 Å². The van der Waals surface area contributed by atoms with E-state index in [1.807, 2.05) is 35.8 Å². The number of carbonyl (C=O) groups excluding carboxylic acids is 1. The van der Waals surface area contributed by atoms with Gasteiger partial charge in [-0.1, -0.05) is 47.5 Å². The lowest BCUT2D eigenvalue weighted by Crippen LogP contribution is -2.27. The van der Waals surface area contributed by atoms with Gasteiger partial charge in [0.15, 0.2) is 5.43 Å². The number of hydrogen-bond acceptors (Lipinski definition) is 2. The molecule has 6 heteroatoms. The van der Waals surface area contributed by atoms with E-state index >= 15 is 0 Å². The predicted octanol–water partition coefficient (Wildman–Crippen LogP) is 5.07. The van der Waals surface area contributed by atoms with E-state index in [9.17, 15) is 9.59 Å². The molecule has 0 spiro atoms. The smallest absolute Gasteiger partial charge is 0.261 e. The maximum atomic E-state index is 12.7. The van der Waals surface area contributed by atoms with Gasteiger partial charge in [0.1, 0.15) is 5.56 Å². The van der Waals surface area contributed by atoms with Gasteiger partial charge >= 0.3 is 0 Å². The minimum absolute atomic E-state index is 0.129. The number of para-hydroxylation sites is 1. The van der Waals surface area contributed by atoms with E-state index in [1.165, 1.54) is 6.07 Å². The molecule has 1 aromatic heterocycles. The lowest BCUT2D eigenvalue weighted by Gasteiger charge is -2.18. The molecule has 0 aliphatic carbocycles. The summed E-state index contributed by atoms with van der Waals surface area (Å²) in [6, 6.07) is 15.9. The third-order valence-corrected chi connectivity index (χ3v) is 5.10. The Morgan fingerprint density at radius 2 is 1.70 bits per heavy atom. The quantitative estimate of drug-likeness (QED) is 0.664. The van der Waals surface area contributed by atoms with Gasteiger partial charge in [0, 0.05) is 29.7 Å². The lowest BCUT2D eigenvalue weighted by atomic mass is 10.1. The Morgan fingerprint density at radius 1 is 1.00 bits per heavy atom. The fraction of sp³-hybridized carbons (Fsp3) is 0.143. The van der Waals surface area contributed by atoms with Crippen LogP contribution in [-0.4, -0.2) is 10.5 Å². The van der Waals surface area contributed by atoms with Gasteiger partial charge in [0.05, 0.1) is 10.0 Å². The summed E-state index contributed by atoms with van der Waals surface area (Å²) >= 11 is 12.1. The van der Waals surface area contributed by atoms with E-state index in [4.69, 9.17) is 23.2 Å². The topological polar surface area (TPSA) is 51.1 Å². The number of benzene rings is 2. The fourth-order valence-corrected chi connectivity index (χ4v) is 3.29. The van der Waals surface area contributed by atoms with Crippen LogP contribution in [0.3, 0.4) is 0 Å². The van der Waals surface area contributed by atoms with E-state index < -0.39 is 5.91 Å². The molecule has 4 nitrogen and oxygen atoms in total. The Kier molecular flexibility index (Phi) is 5.68. The molecule has 0 aliphatic rings. The highest BCUT2D eigenvalue weighted by molar-refractivity contribution is 6.42. The van der Waals surface area contributed by atoms with Crippen molar-refractivity contribution in [2.45, 2.75) is 20.4 Å². The first-order valence-electron chi connectivity index (χ1n) is 8.38. The first-order chi connectivity index (χ1) is 12.9. The van der Waals surface area contributed by atoms with Crippen molar-refractivity contribution in [1.29, 1.82) is 0 Å². The Morgan fingerprint density at radius 3 is 2.37 bits per heavy atom. The number of amides is 1. The van der Waals surface area contributed by atoms with Gasteiger partial charge in [-0.05, 0) is 43.7 Å². The lowest BCUT2D eigenvalue weighted by molar-refractivity contribution is 0.102. The van der Waals surface area contributed by atoms with Crippen LogP contribution in [-0.2, 0) is 6.54 Å². The van der Waals surface area contributed by atoms with E-state index in [-0.39, 0.29) is 11.0 Å². The first-order valence-corrected chi connectivity index (χ1v) is 9.14. The molecule has 1 N–H and O–H groups in total. The average molecular weight is 401 g/mol. The number of nitrogens with zero attached hydrogens (tertiary/aromatic N) is 1. The van der Waals surface area contributed by atoms with Crippen molar-refractivity contribution in [3.63, 3.8) is 0 Å². The van der Waals surface area contributed by atoms with Gasteiger partial charge in [0.2, 0.25) is 0 Å². The van der Waals surface area contributed by atoms with Crippen LogP contribution in [0.25, 0.3) is 0 Å². The number of hydrogen-bond donors (Lipinski definition) is 1. The second kappa shape index (κ2) is 7.99. The largest absolute Gasteiger partial charge is 0.344 e. The third kappa shape index (κ3) is 4.24. The van der Waals surface area contributed by atoms with Gasteiger partial charge in [-0.2, -0.15) is 0 Å². The summed E-state index contributed by atoms with van der Waals surface area (Å²) in [5.41, 5.74) is 2.75. The van der Waals surface area contributed by atoms with Crippen LogP contribution in [0.4, 0.5) is 5.69 Å². The monoisotopic (exact) mass is 400 g/mol. The number of pyridine rings is 1. The number of rotatable bonds is 4. The number of aromatic nitrogens is 1. The number of aryl methyl sites for hydroxylation is 1. The first kappa shape index (κ1) is 19.2. The Bertz CT molecular complexity index is 1060. The van der Waals surface area contributed by atoms with E-state index in [1.54, 1.807) is 31.2 Å². The van der Waals surface area contributed by atoms with Gasteiger partial charge in [0.25, 0.3) is 5.91 Å². The number of anilines is 1. The highest BCUT2D eigenvalue weighted by Gasteiger charge is 2.18. The molecule has 1 amide bonds. The predicted molar refractivity (Wildman–Crippen MR) is 110 cm³/mol. The fourth-order valence-electron chi connectivity index (χ4n) is 2.97. The van der Waals surface area contributed by atoms with Crippen LogP contribution in [0.15, 0.2) is 59.4 Å². The number of nitrogens with one attached hydrogen (secondary N) is 1. The number of carbonyl (C=O) groups is 1. The van der Waals surface area contributed by atoms with Crippen molar-refractivity contribution in [2.75, 3.05) is 5.32 Å². The zero-order valence-electron chi connectivity index (χ0n) is 14.9. The summed E-state index contributed by atoms with van der Waals surface area (Å²) in [5, 5.41) is 3.72. The van der Waals surface area contributed by atoms with Crippen LogP contribution in [0.1, 0.15) is 27.3 Å². The minimum atomic E-state index is -0.424. The summed E-state index contributed by atoms with van der Waals surface area (Å²) in [6.45, 7) is 4.08. The molecule has 0 aliphatic heterocycles. The van der Waals surface area contributed by atoms with Gasteiger partial charge in [-0.3, -0.25) is 9.59 Å². The molecule has 0 saturated heterocycles. The molecular weight excluding hydrogens is 383 g/mol. The summed E-state index contributed by atoms with van der Waals surface area (Å²) < 4.78 is 1.92. The summed E-state index contributed by atoms with van der Waals surface area (Å²) in [7, 11) is 0. The molecule has 0 bridgehead atoms. The van der Waals surface area contributed by atoms with Gasteiger partial charge < -0.3 is 9.88 Å².